The lowest BCUT2D eigenvalue weighted by molar-refractivity contribution is 0.0601. The summed E-state index contributed by atoms with van der Waals surface area (Å²) in [5.74, 6) is 0.460. The number of esters is 1. The molecule has 0 N–H and O–H groups in total. The van der Waals surface area contributed by atoms with Gasteiger partial charge in [-0.2, -0.15) is 0 Å². The molecule has 0 amide bonds. The van der Waals surface area contributed by atoms with Crippen molar-refractivity contribution in [2.45, 2.75) is 13.8 Å². The molecular formula is C23H18FNO3. The molecule has 0 unspecified atom stereocenters. The minimum absolute atomic E-state index is 0.356. The summed E-state index contributed by atoms with van der Waals surface area (Å²) in [6.45, 7) is 4.00. The van der Waals surface area contributed by atoms with Crippen molar-refractivity contribution in [2.75, 3.05) is 7.11 Å². The highest BCUT2D eigenvalue weighted by molar-refractivity contribution is 6.15. The Hall–Kier alpha value is -3.47. The molecule has 1 aliphatic rings. The molecule has 4 aromatic rings. The maximum atomic E-state index is 13.8. The molecule has 5 rings (SSSR count). The van der Waals surface area contributed by atoms with Crippen LogP contribution in [0.3, 0.4) is 0 Å². The number of methoxy groups -OCH3 is 1. The monoisotopic (exact) mass is 375 g/mol. The second-order valence-corrected chi connectivity index (χ2v) is 6.11. The number of benzene rings is 3. The number of fused-ring (bicyclic) bond motifs is 4. The number of hydrogen-bond acceptors (Lipinski definition) is 4. The van der Waals surface area contributed by atoms with Gasteiger partial charge in [-0.15, -0.1) is 0 Å². The van der Waals surface area contributed by atoms with Gasteiger partial charge in [0.15, 0.2) is 0 Å². The van der Waals surface area contributed by atoms with Crippen LogP contribution in [0.4, 0.5) is 4.39 Å². The summed E-state index contributed by atoms with van der Waals surface area (Å²) in [4.78, 5) is 16.6. The lowest BCUT2D eigenvalue weighted by atomic mass is 9.96. The molecule has 4 nitrogen and oxygen atoms in total. The van der Waals surface area contributed by atoms with Crippen LogP contribution in [0, 0.1) is 5.82 Å². The number of pyridine rings is 1. The highest BCUT2D eigenvalue weighted by Crippen LogP contribution is 2.47. The fraction of sp³-hybridized carbons (Fsp3) is 0.130. The van der Waals surface area contributed by atoms with Gasteiger partial charge in [0.05, 0.1) is 29.3 Å². The summed E-state index contributed by atoms with van der Waals surface area (Å²) in [5.41, 5.74) is 2.30. The SMILES string of the molecule is CC.COC(=O)c1ccc2c(c1)nc1c3c(cccc32)Oc2ccc(F)cc2-1. The lowest BCUT2D eigenvalue weighted by Gasteiger charge is -2.21. The van der Waals surface area contributed by atoms with Gasteiger partial charge in [-0.1, -0.05) is 32.0 Å². The fourth-order valence-corrected chi connectivity index (χ4v) is 3.45. The largest absolute Gasteiger partial charge is 0.465 e. The second kappa shape index (κ2) is 6.93. The van der Waals surface area contributed by atoms with Gasteiger partial charge in [-0.05, 0) is 41.8 Å². The van der Waals surface area contributed by atoms with Gasteiger partial charge in [0.1, 0.15) is 17.3 Å². The van der Waals surface area contributed by atoms with Gasteiger partial charge in [-0.3, -0.25) is 0 Å². The molecule has 0 radical (unpaired) electrons. The topological polar surface area (TPSA) is 48.4 Å². The first kappa shape index (κ1) is 17.9. The number of hydrogen-bond donors (Lipinski definition) is 0. The first-order chi connectivity index (χ1) is 13.7. The Kier molecular flexibility index (Phi) is 4.43. The number of carbonyl (C=O) groups excluding carboxylic acids is 1. The smallest absolute Gasteiger partial charge is 0.337 e. The number of rotatable bonds is 1. The third-order valence-corrected chi connectivity index (χ3v) is 4.62. The van der Waals surface area contributed by atoms with Crippen LogP contribution in [0.5, 0.6) is 11.5 Å². The van der Waals surface area contributed by atoms with Gasteiger partial charge < -0.3 is 9.47 Å². The molecule has 0 saturated carbocycles. The minimum atomic E-state index is -0.425. The molecule has 0 aliphatic carbocycles. The van der Waals surface area contributed by atoms with E-state index in [1.165, 1.54) is 19.2 Å². The standard InChI is InChI=1S/C21H12FNO3.C2H6/c1-25-21(24)11-5-7-13-14-3-2-4-18-19(14)20(23-16(13)9-11)15-10-12(22)6-8-17(15)26-18;1-2/h2-10H,1H3;1-2H3. The van der Waals surface area contributed by atoms with E-state index < -0.39 is 5.97 Å². The summed E-state index contributed by atoms with van der Waals surface area (Å²) in [6, 6.07) is 15.4. The fourth-order valence-electron chi connectivity index (χ4n) is 3.45. The molecule has 1 aromatic heterocycles. The van der Waals surface area contributed by atoms with Crippen LogP contribution >= 0.6 is 0 Å². The van der Waals surface area contributed by atoms with Crippen LogP contribution in [0.15, 0.2) is 54.6 Å². The predicted octanol–water partition coefficient (Wildman–Crippen LogP) is 6.11. The van der Waals surface area contributed by atoms with Crippen LogP contribution in [-0.2, 0) is 4.74 Å². The van der Waals surface area contributed by atoms with E-state index in [2.05, 4.69) is 0 Å². The van der Waals surface area contributed by atoms with Crippen LogP contribution < -0.4 is 4.74 Å². The molecule has 1 aliphatic heterocycles. The molecule has 28 heavy (non-hydrogen) atoms. The van der Waals surface area contributed by atoms with Crippen molar-refractivity contribution in [3.63, 3.8) is 0 Å². The average molecular weight is 375 g/mol. The number of nitrogens with zero attached hydrogens (tertiary/aromatic N) is 1. The van der Waals surface area contributed by atoms with Crippen molar-refractivity contribution in [2.24, 2.45) is 0 Å². The van der Waals surface area contributed by atoms with Gasteiger partial charge >= 0.3 is 5.97 Å². The van der Waals surface area contributed by atoms with Crippen LogP contribution in [0.1, 0.15) is 24.2 Å². The molecule has 0 saturated heterocycles. The maximum absolute atomic E-state index is 13.8. The van der Waals surface area contributed by atoms with E-state index in [-0.39, 0.29) is 5.82 Å². The van der Waals surface area contributed by atoms with Crippen molar-refractivity contribution >= 4 is 27.6 Å². The Morgan fingerprint density at radius 2 is 1.82 bits per heavy atom. The highest BCUT2D eigenvalue weighted by Gasteiger charge is 2.23. The average Bonchev–Trinajstić information content (AvgIpc) is 2.74. The van der Waals surface area contributed by atoms with E-state index in [9.17, 15) is 9.18 Å². The number of aromatic nitrogens is 1. The first-order valence-electron chi connectivity index (χ1n) is 9.08. The first-order valence-corrected chi connectivity index (χ1v) is 9.08. The van der Waals surface area contributed by atoms with Gasteiger partial charge in [0.25, 0.3) is 0 Å². The molecule has 2 heterocycles. The van der Waals surface area contributed by atoms with Crippen molar-refractivity contribution in [1.82, 2.24) is 4.98 Å². The van der Waals surface area contributed by atoms with E-state index in [1.807, 2.05) is 38.1 Å². The molecule has 5 heteroatoms. The zero-order chi connectivity index (χ0) is 19.8. The summed E-state index contributed by atoms with van der Waals surface area (Å²) in [5, 5.41) is 2.67. The minimum Gasteiger partial charge on any atom is -0.465 e. The summed E-state index contributed by atoms with van der Waals surface area (Å²) >= 11 is 0. The quantitative estimate of drug-likeness (QED) is 0.262. The molecule has 0 spiro atoms. The predicted molar refractivity (Wildman–Crippen MR) is 107 cm³/mol. The van der Waals surface area contributed by atoms with Crippen molar-refractivity contribution < 1.29 is 18.7 Å². The Balaban J connectivity index is 0.000000932. The van der Waals surface area contributed by atoms with Gasteiger partial charge in [-0.25, -0.2) is 14.2 Å². The van der Waals surface area contributed by atoms with E-state index in [0.29, 0.717) is 33.8 Å². The van der Waals surface area contributed by atoms with Crippen LogP contribution in [0.2, 0.25) is 0 Å². The molecular weight excluding hydrogens is 357 g/mol. The maximum Gasteiger partial charge on any atom is 0.337 e. The molecule has 140 valence electrons. The van der Waals surface area contributed by atoms with Gasteiger partial charge in [0, 0.05) is 10.9 Å². The zero-order valence-electron chi connectivity index (χ0n) is 15.7. The van der Waals surface area contributed by atoms with Crippen molar-refractivity contribution in [1.29, 1.82) is 0 Å². The van der Waals surface area contributed by atoms with Crippen LogP contribution in [0.25, 0.3) is 32.9 Å². The summed E-state index contributed by atoms with van der Waals surface area (Å²) < 4.78 is 24.6. The lowest BCUT2D eigenvalue weighted by Crippen LogP contribution is -2.03. The number of carbonyl (C=O) groups is 1. The third kappa shape index (κ3) is 2.67. The molecule has 0 fully saturated rings. The number of halogens is 1. The Morgan fingerprint density at radius 3 is 2.61 bits per heavy atom. The number of ether oxygens (including phenoxy) is 2. The second-order valence-electron chi connectivity index (χ2n) is 6.11. The van der Waals surface area contributed by atoms with E-state index in [0.717, 1.165) is 16.2 Å². The summed E-state index contributed by atoms with van der Waals surface area (Å²) in [6.07, 6.45) is 0. The van der Waals surface area contributed by atoms with Crippen LogP contribution in [-0.4, -0.2) is 18.1 Å². The van der Waals surface area contributed by atoms with E-state index in [1.54, 1.807) is 18.2 Å². The molecule has 3 aromatic carbocycles. The van der Waals surface area contributed by atoms with E-state index in [4.69, 9.17) is 14.5 Å². The Labute approximate surface area is 161 Å². The highest BCUT2D eigenvalue weighted by atomic mass is 19.1. The van der Waals surface area contributed by atoms with Gasteiger partial charge in [0.2, 0.25) is 0 Å². The van der Waals surface area contributed by atoms with Crippen molar-refractivity contribution in [3.8, 4) is 22.8 Å². The van der Waals surface area contributed by atoms with E-state index >= 15 is 0 Å². The third-order valence-electron chi connectivity index (χ3n) is 4.62. The Bertz CT molecular complexity index is 1230. The van der Waals surface area contributed by atoms with Crippen molar-refractivity contribution in [3.05, 3.63) is 66.0 Å². The summed E-state index contributed by atoms with van der Waals surface area (Å²) in [7, 11) is 1.34. The molecule has 0 atom stereocenters. The molecule has 0 bridgehead atoms. The zero-order valence-corrected chi connectivity index (χ0v) is 15.7. The Morgan fingerprint density at radius 1 is 1.00 bits per heavy atom. The normalized spacial score (nSPS) is 11.3.